The zero-order chi connectivity index (χ0) is 29.8. The summed E-state index contributed by atoms with van der Waals surface area (Å²) in [7, 11) is 1.74. The topological polar surface area (TPSA) is 57.2 Å². The molecule has 44 heavy (non-hydrogen) atoms. The van der Waals surface area contributed by atoms with E-state index in [4.69, 9.17) is 10.5 Å². The van der Waals surface area contributed by atoms with Gasteiger partial charge in [0, 0.05) is 54.0 Å². The molecule has 1 aromatic heterocycles. The van der Waals surface area contributed by atoms with E-state index < -0.39 is 0 Å². The number of nitrogens with zero attached hydrogens (tertiary/aromatic N) is 1. The van der Waals surface area contributed by atoms with E-state index in [1.54, 1.807) is 7.11 Å². The Morgan fingerprint density at radius 3 is 2.43 bits per heavy atom. The van der Waals surface area contributed by atoms with Crippen LogP contribution in [0.4, 0.5) is 0 Å². The van der Waals surface area contributed by atoms with E-state index in [0.717, 1.165) is 49.1 Å². The molecule has 4 heteroatoms. The van der Waals surface area contributed by atoms with Gasteiger partial charge < -0.3 is 15.0 Å². The standard InChI is InChI=1S/C39H48N2O2.CH4/c1-27-9-8-12-30(21-27)35(24-33(42)22-28-15-18-32(40)19-16-28)37-26-41(25-29-10-4-3-5-11-29)38-20-17-31(23-36(37)38)34-13-6-7-14-39(34)43-2;/h6-9,12-14,17,20-21,23,26,28-29,32,35H,3-5,10-11,15-16,18-19,22,24-25,40H2,1-2H3;1H4. The summed E-state index contributed by atoms with van der Waals surface area (Å²) in [6.45, 7) is 3.20. The Morgan fingerprint density at radius 1 is 0.909 bits per heavy atom. The number of ketones is 1. The number of rotatable bonds is 10. The number of para-hydroxylation sites is 1. The maximum atomic E-state index is 13.8. The van der Waals surface area contributed by atoms with Gasteiger partial charge in [-0.15, -0.1) is 0 Å². The second-order valence-electron chi connectivity index (χ2n) is 13.4. The molecule has 1 unspecified atom stereocenters. The van der Waals surface area contributed by atoms with Gasteiger partial charge in [0.05, 0.1) is 7.11 Å². The van der Waals surface area contributed by atoms with Crippen molar-refractivity contribution < 1.29 is 9.53 Å². The van der Waals surface area contributed by atoms with Gasteiger partial charge in [-0.3, -0.25) is 4.79 Å². The molecule has 1 heterocycles. The molecule has 1 atom stereocenters. The summed E-state index contributed by atoms with van der Waals surface area (Å²) in [5.41, 5.74) is 13.4. The zero-order valence-electron chi connectivity index (χ0n) is 26.1. The van der Waals surface area contributed by atoms with Crippen molar-refractivity contribution in [3.63, 3.8) is 0 Å². The lowest BCUT2D eigenvalue weighted by atomic mass is 9.80. The number of hydrogen-bond acceptors (Lipinski definition) is 3. The quantitative estimate of drug-likeness (QED) is 0.199. The van der Waals surface area contributed by atoms with Crippen LogP contribution in [0.2, 0.25) is 0 Å². The van der Waals surface area contributed by atoms with Crippen LogP contribution in [0, 0.1) is 18.8 Å². The monoisotopic (exact) mass is 592 g/mol. The molecule has 234 valence electrons. The van der Waals surface area contributed by atoms with Crippen molar-refractivity contribution in [2.75, 3.05) is 7.11 Å². The smallest absolute Gasteiger partial charge is 0.134 e. The molecular formula is C40H52N2O2. The predicted molar refractivity (Wildman–Crippen MR) is 184 cm³/mol. The molecule has 3 aromatic carbocycles. The molecule has 4 aromatic rings. The maximum Gasteiger partial charge on any atom is 0.134 e. The number of Topliss-reactive ketones (excluding diaryl/α,β-unsaturated/α-hetero) is 1. The Morgan fingerprint density at radius 2 is 1.68 bits per heavy atom. The molecule has 0 spiro atoms. The van der Waals surface area contributed by atoms with Crippen LogP contribution in [0.25, 0.3) is 22.0 Å². The largest absolute Gasteiger partial charge is 0.496 e. The Hall–Kier alpha value is -3.37. The first-order valence-corrected chi connectivity index (χ1v) is 16.6. The highest BCUT2D eigenvalue weighted by atomic mass is 16.5. The summed E-state index contributed by atoms with van der Waals surface area (Å²) >= 11 is 0. The lowest BCUT2D eigenvalue weighted by molar-refractivity contribution is -0.120. The molecule has 2 saturated carbocycles. The van der Waals surface area contributed by atoms with Crippen LogP contribution in [-0.4, -0.2) is 23.5 Å². The molecule has 2 aliphatic carbocycles. The van der Waals surface area contributed by atoms with Crippen LogP contribution in [0.5, 0.6) is 5.75 Å². The molecule has 4 nitrogen and oxygen atoms in total. The summed E-state index contributed by atoms with van der Waals surface area (Å²) in [5.74, 6) is 2.45. The van der Waals surface area contributed by atoms with Gasteiger partial charge >= 0.3 is 0 Å². The fourth-order valence-corrected chi connectivity index (χ4v) is 7.77. The van der Waals surface area contributed by atoms with Crippen LogP contribution in [0.3, 0.4) is 0 Å². The highest BCUT2D eigenvalue weighted by Crippen LogP contribution is 2.40. The Balaban J connectivity index is 0.00000384. The van der Waals surface area contributed by atoms with Crippen molar-refractivity contribution in [2.24, 2.45) is 17.6 Å². The van der Waals surface area contributed by atoms with E-state index in [9.17, 15) is 4.79 Å². The minimum atomic E-state index is 0. The zero-order valence-corrected chi connectivity index (χ0v) is 26.1. The van der Waals surface area contributed by atoms with Crippen molar-refractivity contribution >= 4 is 16.7 Å². The van der Waals surface area contributed by atoms with Gasteiger partial charge in [0.25, 0.3) is 0 Å². The van der Waals surface area contributed by atoms with Gasteiger partial charge in [0.15, 0.2) is 0 Å². The molecule has 6 rings (SSSR count). The van der Waals surface area contributed by atoms with E-state index in [1.807, 2.05) is 12.1 Å². The van der Waals surface area contributed by atoms with Crippen molar-refractivity contribution in [3.05, 3.63) is 89.6 Å². The number of methoxy groups -OCH3 is 1. The number of ether oxygens (including phenoxy) is 1. The molecule has 0 saturated heterocycles. The minimum absolute atomic E-state index is 0. The van der Waals surface area contributed by atoms with Crippen molar-refractivity contribution in [2.45, 2.75) is 103 Å². The average Bonchev–Trinajstić information content (AvgIpc) is 3.38. The number of fused-ring (bicyclic) bond motifs is 1. The van der Waals surface area contributed by atoms with Crippen LogP contribution >= 0.6 is 0 Å². The lowest BCUT2D eigenvalue weighted by Gasteiger charge is -2.26. The third kappa shape index (κ3) is 7.29. The minimum Gasteiger partial charge on any atom is -0.496 e. The van der Waals surface area contributed by atoms with Gasteiger partial charge in [-0.25, -0.2) is 0 Å². The fraction of sp³-hybridized carbons (Fsp3) is 0.475. The third-order valence-electron chi connectivity index (χ3n) is 10.2. The number of benzene rings is 3. The van der Waals surface area contributed by atoms with Crippen LogP contribution in [-0.2, 0) is 11.3 Å². The number of aromatic nitrogens is 1. The third-order valence-corrected chi connectivity index (χ3v) is 10.2. The molecule has 2 fully saturated rings. The first-order valence-electron chi connectivity index (χ1n) is 16.6. The number of carbonyl (C=O) groups is 1. The molecule has 2 aliphatic rings. The average molecular weight is 593 g/mol. The number of aryl methyl sites for hydroxylation is 1. The summed E-state index contributed by atoms with van der Waals surface area (Å²) in [4.78, 5) is 13.8. The second-order valence-corrected chi connectivity index (χ2v) is 13.4. The van der Waals surface area contributed by atoms with Crippen molar-refractivity contribution in [3.8, 4) is 16.9 Å². The highest BCUT2D eigenvalue weighted by molar-refractivity contribution is 5.91. The van der Waals surface area contributed by atoms with Gasteiger partial charge in [0.1, 0.15) is 11.5 Å². The Labute approximate surface area is 265 Å². The van der Waals surface area contributed by atoms with E-state index in [-0.39, 0.29) is 13.3 Å². The normalized spacial score (nSPS) is 19.8. The number of nitrogens with two attached hydrogens (primary N) is 1. The second kappa shape index (κ2) is 14.6. The number of carbonyl (C=O) groups excluding carboxylic acids is 1. The van der Waals surface area contributed by atoms with E-state index in [2.05, 4.69) is 72.3 Å². The molecule has 2 N–H and O–H groups in total. The van der Waals surface area contributed by atoms with Gasteiger partial charge in [-0.05, 0) is 92.2 Å². The predicted octanol–water partition coefficient (Wildman–Crippen LogP) is 9.84. The maximum absolute atomic E-state index is 13.8. The fourth-order valence-electron chi connectivity index (χ4n) is 7.77. The summed E-state index contributed by atoms with van der Waals surface area (Å²) in [5, 5.41) is 1.25. The SMILES string of the molecule is C.COc1ccccc1-c1ccc2c(c1)c(C(CC(=O)CC1CCC(N)CC1)c1cccc(C)c1)cn2CC1CCCCC1. The van der Waals surface area contributed by atoms with E-state index >= 15 is 0 Å². The van der Waals surface area contributed by atoms with Gasteiger partial charge in [-0.2, -0.15) is 0 Å². The van der Waals surface area contributed by atoms with E-state index in [1.165, 1.54) is 59.7 Å². The van der Waals surface area contributed by atoms with E-state index in [0.29, 0.717) is 36.5 Å². The molecule has 0 aliphatic heterocycles. The molecule has 0 amide bonds. The van der Waals surface area contributed by atoms with Crippen LogP contribution in [0.1, 0.15) is 101 Å². The van der Waals surface area contributed by atoms with Crippen molar-refractivity contribution in [1.29, 1.82) is 0 Å². The first kappa shape index (κ1) is 32.0. The summed E-state index contributed by atoms with van der Waals surface area (Å²) < 4.78 is 8.25. The lowest BCUT2D eigenvalue weighted by Crippen LogP contribution is -2.27. The van der Waals surface area contributed by atoms with Gasteiger partial charge in [0.2, 0.25) is 0 Å². The Kier molecular flexibility index (Phi) is 10.6. The summed E-state index contributed by atoms with van der Waals surface area (Å²) in [6, 6.07) is 24.2. The van der Waals surface area contributed by atoms with Gasteiger partial charge in [-0.1, -0.05) is 80.8 Å². The highest BCUT2D eigenvalue weighted by Gasteiger charge is 2.27. The van der Waals surface area contributed by atoms with Crippen LogP contribution in [0.15, 0.2) is 72.9 Å². The Bertz CT molecular complexity index is 1540. The first-order chi connectivity index (χ1) is 21.0. The van der Waals surface area contributed by atoms with Crippen molar-refractivity contribution in [1.82, 2.24) is 4.57 Å². The number of hydrogen-bond donors (Lipinski definition) is 1. The molecular weight excluding hydrogens is 540 g/mol. The van der Waals surface area contributed by atoms with Crippen LogP contribution < -0.4 is 10.5 Å². The molecule has 0 bridgehead atoms. The summed E-state index contributed by atoms with van der Waals surface area (Å²) in [6.07, 6.45) is 14.5. The molecule has 0 radical (unpaired) electrons.